The van der Waals surface area contributed by atoms with Gasteiger partial charge in [0.05, 0.1) is 7.11 Å². The number of carbonyl (C=O) groups is 1. The average Bonchev–Trinajstić information content (AvgIpc) is 2.36. The lowest BCUT2D eigenvalue weighted by Gasteiger charge is -2.47. The van der Waals surface area contributed by atoms with Crippen LogP contribution in [0.3, 0.4) is 0 Å². The molecule has 1 aliphatic heterocycles. The minimum atomic E-state index is -0.940. The Kier molecular flexibility index (Phi) is 3.67. The summed E-state index contributed by atoms with van der Waals surface area (Å²) in [6.07, 6.45) is 1.01. The van der Waals surface area contributed by atoms with E-state index in [2.05, 4.69) is 32.6 Å². The quantitative estimate of drug-likeness (QED) is 0.918. The Labute approximate surface area is 120 Å². The van der Waals surface area contributed by atoms with Crippen molar-refractivity contribution in [3.63, 3.8) is 0 Å². The maximum atomic E-state index is 11.4. The van der Waals surface area contributed by atoms with Crippen LogP contribution in [0.15, 0.2) is 12.1 Å². The molecule has 0 saturated heterocycles. The molecule has 1 aromatic carbocycles. The Morgan fingerprint density at radius 2 is 2.15 bits per heavy atom. The number of ether oxygens (including phenoxy) is 1. The van der Waals surface area contributed by atoms with Gasteiger partial charge in [-0.3, -0.25) is 0 Å². The summed E-state index contributed by atoms with van der Waals surface area (Å²) in [5.74, 6) is -0.170. The Bertz CT molecular complexity index is 537. The minimum Gasteiger partial charge on any atom is -0.496 e. The fourth-order valence-corrected chi connectivity index (χ4v) is 3.44. The zero-order valence-electron chi connectivity index (χ0n) is 12.9. The molecule has 0 fully saturated rings. The highest BCUT2D eigenvalue weighted by Crippen LogP contribution is 2.45. The normalized spacial score (nSPS) is 20.4. The predicted octanol–water partition coefficient (Wildman–Crippen LogP) is 3.51. The lowest BCUT2D eigenvalue weighted by atomic mass is 9.79. The molecule has 2 rings (SSSR count). The summed E-state index contributed by atoms with van der Waals surface area (Å²) in [6.45, 7) is 9.63. The zero-order valence-corrected chi connectivity index (χ0v) is 12.9. The number of hydrogen-bond donors (Lipinski definition) is 1. The van der Waals surface area contributed by atoms with Gasteiger partial charge in [-0.05, 0) is 44.7 Å². The van der Waals surface area contributed by atoms with Crippen molar-refractivity contribution in [3.8, 4) is 5.75 Å². The number of carboxylic acids is 1. The minimum absolute atomic E-state index is 0.0664. The first-order valence-electron chi connectivity index (χ1n) is 7.04. The van der Waals surface area contributed by atoms with Crippen molar-refractivity contribution in [3.05, 3.63) is 23.3 Å². The van der Waals surface area contributed by atoms with Gasteiger partial charge in [-0.1, -0.05) is 6.92 Å². The molecule has 1 aliphatic rings. The second-order valence-corrected chi connectivity index (χ2v) is 6.08. The molecule has 0 bridgehead atoms. The topological polar surface area (TPSA) is 49.8 Å². The Hall–Kier alpha value is -1.71. The van der Waals surface area contributed by atoms with E-state index in [1.54, 1.807) is 6.07 Å². The number of benzene rings is 1. The van der Waals surface area contributed by atoms with Gasteiger partial charge >= 0.3 is 5.97 Å². The van der Waals surface area contributed by atoms with E-state index in [9.17, 15) is 9.90 Å². The number of hydrogen-bond acceptors (Lipinski definition) is 3. The van der Waals surface area contributed by atoms with E-state index >= 15 is 0 Å². The molecule has 1 atom stereocenters. The third-order valence-electron chi connectivity index (χ3n) is 4.25. The smallest absolute Gasteiger partial charge is 0.339 e. The summed E-state index contributed by atoms with van der Waals surface area (Å²) >= 11 is 0. The van der Waals surface area contributed by atoms with E-state index in [1.165, 1.54) is 7.11 Å². The fraction of sp³-hybridized carbons (Fsp3) is 0.562. The standard InChI is InChI=1S/C16H23NO3/c1-6-17-13-8-14(20-5)12(15(18)19)7-11(13)10(2)9-16(17,3)4/h7-8,10H,6,9H2,1-5H3,(H,18,19)/t10-/m0/s1. The van der Waals surface area contributed by atoms with E-state index < -0.39 is 5.97 Å². The largest absolute Gasteiger partial charge is 0.496 e. The van der Waals surface area contributed by atoms with Crippen LogP contribution in [0.2, 0.25) is 0 Å². The molecule has 4 heteroatoms. The van der Waals surface area contributed by atoms with Crippen LogP contribution in [0.25, 0.3) is 0 Å². The maximum Gasteiger partial charge on any atom is 0.339 e. The molecule has 0 saturated carbocycles. The van der Waals surface area contributed by atoms with E-state index in [4.69, 9.17) is 4.74 Å². The van der Waals surface area contributed by atoms with Crippen LogP contribution in [0.5, 0.6) is 5.75 Å². The van der Waals surface area contributed by atoms with E-state index in [0.29, 0.717) is 11.7 Å². The van der Waals surface area contributed by atoms with Gasteiger partial charge in [0.15, 0.2) is 0 Å². The summed E-state index contributed by atoms with van der Waals surface area (Å²) in [6, 6.07) is 3.65. The van der Waals surface area contributed by atoms with Gasteiger partial charge in [-0.2, -0.15) is 0 Å². The molecule has 0 aliphatic carbocycles. The highest BCUT2D eigenvalue weighted by molar-refractivity contribution is 5.92. The third kappa shape index (κ3) is 2.23. The third-order valence-corrected chi connectivity index (χ3v) is 4.25. The van der Waals surface area contributed by atoms with Crippen molar-refractivity contribution in [1.29, 1.82) is 0 Å². The Morgan fingerprint density at radius 1 is 1.50 bits per heavy atom. The van der Waals surface area contributed by atoms with Crippen molar-refractivity contribution in [2.45, 2.75) is 45.6 Å². The average molecular weight is 277 g/mol. The van der Waals surface area contributed by atoms with Crippen LogP contribution in [-0.2, 0) is 0 Å². The van der Waals surface area contributed by atoms with Crippen LogP contribution >= 0.6 is 0 Å². The first-order valence-corrected chi connectivity index (χ1v) is 7.04. The monoisotopic (exact) mass is 277 g/mol. The van der Waals surface area contributed by atoms with Crippen LogP contribution < -0.4 is 9.64 Å². The van der Waals surface area contributed by atoms with Gasteiger partial charge in [-0.25, -0.2) is 4.79 Å². The number of carboxylic acid groups (broad SMARTS) is 1. The summed E-state index contributed by atoms with van der Waals surface area (Å²) in [4.78, 5) is 13.7. The molecule has 1 heterocycles. The van der Waals surface area contributed by atoms with Gasteiger partial charge in [-0.15, -0.1) is 0 Å². The van der Waals surface area contributed by atoms with Gasteiger partial charge < -0.3 is 14.7 Å². The summed E-state index contributed by atoms with van der Waals surface area (Å²) in [7, 11) is 1.52. The molecular formula is C16H23NO3. The van der Waals surface area contributed by atoms with Crippen LogP contribution in [-0.4, -0.2) is 30.3 Å². The molecule has 0 aromatic heterocycles. The second kappa shape index (κ2) is 5.00. The first kappa shape index (κ1) is 14.7. The van der Waals surface area contributed by atoms with Crippen molar-refractivity contribution >= 4 is 11.7 Å². The second-order valence-electron chi connectivity index (χ2n) is 6.08. The maximum absolute atomic E-state index is 11.4. The van der Waals surface area contributed by atoms with Gasteiger partial charge in [0.25, 0.3) is 0 Å². The molecule has 0 spiro atoms. The molecule has 1 aromatic rings. The summed E-state index contributed by atoms with van der Waals surface area (Å²) in [5, 5.41) is 9.32. The number of methoxy groups -OCH3 is 1. The fourth-order valence-electron chi connectivity index (χ4n) is 3.44. The number of fused-ring (bicyclic) bond motifs is 1. The van der Waals surface area contributed by atoms with Gasteiger partial charge in [0.1, 0.15) is 11.3 Å². The number of anilines is 1. The van der Waals surface area contributed by atoms with Crippen LogP contribution in [0.4, 0.5) is 5.69 Å². The highest BCUT2D eigenvalue weighted by Gasteiger charge is 2.36. The molecule has 1 N–H and O–H groups in total. The van der Waals surface area contributed by atoms with Gasteiger partial charge in [0, 0.05) is 23.8 Å². The summed E-state index contributed by atoms with van der Waals surface area (Å²) in [5.41, 5.74) is 2.51. The van der Waals surface area contributed by atoms with E-state index in [-0.39, 0.29) is 11.1 Å². The molecule has 0 unspecified atom stereocenters. The molecule has 110 valence electrons. The Morgan fingerprint density at radius 3 is 2.65 bits per heavy atom. The van der Waals surface area contributed by atoms with Crippen molar-refractivity contribution < 1.29 is 14.6 Å². The van der Waals surface area contributed by atoms with Crippen molar-refractivity contribution in [2.24, 2.45) is 0 Å². The lowest BCUT2D eigenvalue weighted by molar-refractivity contribution is 0.0693. The number of rotatable bonds is 3. The lowest BCUT2D eigenvalue weighted by Crippen LogP contribution is -2.48. The SMILES string of the molecule is CCN1c2cc(OC)c(C(=O)O)cc2[C@@H](C)CC1(C)C. The Balaban J connectivity index is 2.66. The molecule has 0 radical (unpaired) electrons. The highest BCUT2D eigenvalue weighted by atomic mass is 16.5. The molecule has 20 heavy (non-hydrogen) atoms. The molecule has 0 amide bonds. The summed E-state index contributed by atoms with van der Waals surface area (Å²) < 4.78 is 5.26. The van der Waals surface area contributed by atoms with E-state index in [0.717, 1.165) is 24.2 Å². The predicted molar refractivity (Wildman–Crippen MR) is 80.1 cm³/mol. The van der Waals surface area contributed by atoms with Crippen LogP contribution in [0, 0.1) is 0 Å². The molecule has 4 nitrogen and oxygen atoms in total. The first-order chi connectivity index (χ1) is 9.31. The number of nitrogens with zero attached hydrogens (tertiary/aromatic N) is 1. The van der Waals surface area contributed by atoms with Crippen molar-refractivity contribution in [1.82, 2.24) is 0 Å². The van der Waals surface area contributed by atoms with E-state index in [1.807, 2.05) is 6.07 Å². The number of aromatic carboxylic acids is 1. The van der Waals surface area contributed by atoms with Crippen LogP contribution in [0.1, 0.15) is 56.0 Å². The molecular weight excluding hydrogens is 254 g/mol. The van der Waals surface area contributed by atoms with Crippen molar-refractivity contribution in [2.75, 3.05) is 18.6 Å². The zero-order chi connectivity index (χ0) is 15.1. The van der Waals surface area contributed by atoms with Gasteiger partial charge in [0.2, 0.25) is 0 Å².